The molecule has 1 atom stereocenters. The number of benzene rings is 1. The smallest absolute Gasteiger partial charge is 0.0894 e. The molecule has 5 rings (SSSR count). The minimum absolute atomic E-state index is 0.261. The number of hydrogen-bond donors (Lipinski definition) is 0. The number of hydrogen-bond acceptors (Lipinski definition) is 3. The summed E-state index contributed by atoms with van der Waals surface area (Å²) < 4.78 is 0. The van der Waals surface area contributed by atoms with Crippen LogP contribution >= 0.6 is 11.8 Å². The lowest BCUT2D eigenvalue weighted by Crippen LogP contribution is -2.02. The molecule has 2 nitrogen and oxygen atoms in total. The lowest BCUT2D eigenvalue weighted by Gasteiger charge is -2.22. The normalized spacial score (nSPS) is 19.0. The summed E-state index contributed by atoms with van der Waals surface area (Å²) in [6.45, 7) is 0. The second-order valence-electron chi connectivity index (χ2n) is 6.56. The van der Waals surface area contributed by atoms with Crippen molar-refractivity contribution in [3.8, 4) is 11.4 Å². The van der Waals surface area contributed by atoms with Crippen LogP contribution in [-0.4, -0.2) is 9.97 Å². The van der Waals surface area contributed by atoms with Crippen molar-refractivity contribution in [1.29, 1.82) is 0 Å². The van der Waals surface area contributed by atoms with Crippen LogP contribution < -0.4 is 0 Å². The molecule has 1 aromatic carbocycles. The zero-order valence-electron chi connectivity index (χ0n) is 14.3. The first kappa shape index (κ1) is 15.6. The highest BCUT2D eigenvalue weighted by Gasteiger charge is 2.20. The average molecular weight is 354 g/mol. The van der Waals surface area contributed by atoms with Gasteiger partial charge in [-0.25, -0.2) is 9.97 Å². The first-order valence-electron chi connectivity index (χ1n) is 8.94. The van der Waals surface area contributed by atoms with Crippen LogP contribution in [0.25, 0.3) is 22.3 Å². The second-order valence-corrected chi connectivity index (χ2v) is 7.75. The SMILES string of the molecule is C1=CC2=C(C=CC(c3cccc(-c4ccc5ccccc5n4)n3)S2)CC1. The van der Waals surface area contributed by atoms with E-state index in [0.29, 0.717) is 0 Å². The number of pyridine rings is 2. The van der Waals surface area contributed by atoms with E-state index < -0.39 is 0 Å². The molecule has 26 heavy (non-hydrogen) atoms. The van der Waals surface area contributed by atoms with Crippen molar-refractivity contribution in [2.75, 3.05) is 0 Å². The highest BCUT2D eigenvalue weighted by atomic mass is 32.2. The van der Waals surface area contributed by atoms with Crippen molar-refractivity contribution >= 4 is 22.7 Å². The quantitative estimate of drug-likeness (QED) is 0.544. The van der Waals surface area contributed by atoms with Crippen molar-refractivity contribution in [1.82, 2.24) is 9.97 Å². The van der Waals surface area contributed by atoms with Crippen LogP contribution in [-0.2, 0) is 0 Å². The van der Waals surface area contributed by atoms with E-state index in [-0.39, 0.29) is 5.25 Å². The predicted molar refractivity (Wildman–Crippen MR) is 110 cm³/mol. The summed E-state index contributed by atoms with van der Waals surface area (Å²) in [5.41, 5.74) is 5.41. The zero-order valence-corrected chi connectivity index (χ0v) is 15.1. The third kappa shape index (κ3) is 2.89. The fourth-order valence-electron chi connectivity index (χ4n) is 3.44. The summed E-state index contributed by atoms with van der Waals surface area (Å²) in [6, 6.07) is 18.6. The Kier molecular flexibility index (Phi) is 3.95. The number of rotatable bonds is 2. The van der Waals surface area contributed by atoms with E-state index in [1.165, 1.54) is 10.5 Å². The molecule has 0 spiro atoms. The van der Waals surface area contributed by atoms with Gasteiger partial charge in [-0.05, 0) is 42.7 Å². The predicted octanol–water partition coefficient (Wildman–Crippen LogP) is 6.25. The monoisotopic (exact) mass is 354 g/mol. The molecular weight excluding hydrogens is 336 g/mol. The molecule has 2 aliphatic rings. The van der Waals surface area contributed by atoms with E-state index in [0.717, 1.165) is 40.8 Å². The van der Waals surface area contributed by atoms with Crippen LogP contribution in [0.5, 0.6) is 0 Å². The van der Waals surface area contributed by atoms with E-state index in [1.807, 2.05) is 36.0 Å². The summed E-state index contributed by atoms with van der Waals surface area (Å²) in [6.07, 6.45) is 11.4. The van der Waals surface area contributed by atoms with Crippen LogP contribution in [0.15, 0.2) is 89.4 Å². The zero-order chi connectivity index (χ0) is 17.3. The van der Waals surface area contributed by atoms with E-state index in [4.69, 9.17) is 9.97 Å². The molecule has 0 fully saturated rings. The Bertz CT molecular complexity index is 1080. The van der Waals surface area contributed by atoms with Crippen molar-refractivity contribution in [3.63, 3.8) is 0 Å². The number of nitrogens with zero attached hydrogens (tertiary/aromatic N) is 2. The molecule has 0 saturated carbocycles. The molecule has 126 valence electrons. The highest BCUT2D eigenvalue weighted by Crippen LogP contribution is 2.43. The Hall–Kier alpha value is -2.65. The van der Waals surface area contributed by atoms with Crippen LogP contribution in [0, 0.1) is 0 Å². The fourth-order valence-corrected chi connectivity index (χ4v) is 4.62. The van der Waals surface area contributed by atoms with Gasteiger partial charge in [-0.15, -0.1) is 11.8 Å². The van der Waals surface area contributed by atoms with Crippen molar-refractivity contribution in [2.24, 2.45) is 0 Å². The Morgan fingerprint density at radius 1 is 0.846 bits per heavy atom. The van der Waals surface area contributed by atoms with Gasteiger partial charge in [0.2, 0.25) is 0 Å². The van der Waals surface area contributed by atoms with E-state index in [2.05, 4.69) is 54.6 Å². The van der Waals surface area contributed by atoms with Crippen molar-refractivity contribution in [3.05, 3.63) is 95.1 Å². The molecule has 3 aromatic rings. The van der Waals surface area contributed by atoms with Gasteiger partial charge in [-0.3, -0.25) is 0 Å². The molecule has 0 bridgehead atoms. The average Bonchev–Trinajstić information content (AvgIpc) is 2.73. The van der Waals surface area contributed by atoms with Crippen LogP contribution in [0.2, 0.25) is 0 Å². The first-order chi connectivity index (χ1) is 12.9. The lowest BCUT2D eigenvalue weighted by molar-refractivity contribution is 0.974. The molecule has 0 radical (unpaired) electrons. The summed E-state index contributed by atoms with van der Waals surface area (Å²) in [4.78, 5) is 11.1. The third-order valence-electron chi connectivity index (χ3n) is 4.82. The number of fused-ring (bicyclic) bond motifs is 1. The van der Waals surface area contributed by atoms with Gasteiger partial charge < -0.3 is 0 Å². The molecule has 0 N–H and O–H groups in total. The Labute approximate surface area is 157 Å². The van der Waals surface area contributed by atoms with E-state index in [1.54, 1.807) is 0 Å². The summed E-state index contributed by atoms with van der Waals surface area (Å²) in [7, 11) is 0. The van der Waals surface area contributed by atoms with Crippen LogP contribution in [0.1, 0.15) is 23.8 Å². The van der Waals surface area contributed by atoms with Gasteiger partial charge in [-0.2, -0.15) is 0 Å². The molecule has 1 unspecified atom stereocenters. The Balaban J connectivity index is 1.48. The van der Waals surface area contributed by atoms with Crippen LogP contribution in [0.3, 0.4) is 0 Å². The molecule has 3 heteroatoms. The maximum atomic E-state index is 4.93. The Morgan fingerprint density at radius 3 is 2.77 bits per heavy atom. The van der Waals surface area contributed by atoms with Gasteiger partial charge in [0.25, 0.3) is 0 Å². The van der Waals surface area contributed by atoms with Gasteiger partial charge in [-0.1, -0.05) is 54.6 Å². The van der Waals surface area contributed by atoms with E-state index in [9.17, 15) is 0 Å². The third-order valence-corrected chi connectivity index (χ3v) is 6.12. The number of para-hydroxylation sites is 1. The standard InChI is InChI=1S/C23H18N2S/c1-3-8-18-16(6-1)12-14-20(24-18)19-9-5-10-21(25-19)23-15-13-17-7-2-4-11-22(17)26-23/h1,3-6,8-15,23H,2,7H2. The second kappa shape index (κ2) is 6.58. The first-order valence-corrected chi connectivity index (χ1v) is 9.82. The molecule has 0 amide bonds. The molecule has 0 saturated heterocycles. The van der Waals surface area contributed by atoms with Crippen molar-refractivity contribution in [2.45, 2.75) is 18.1 Å². The number of allylic oxidation sites excluding steroid dienone is 4. The molecular formula is C23H18N2S. The fraction of sp³-hybridized carbons (Fsp3) is 0.130. The largest absolute Gasteiger partial charge is 0.250 e. The topological polar surface area (TPSA) is 25.8 Å². The number of aromatic nitrogens is 2. The van der Waals surface area contributed by atoms with E-state index >= 15 is 0 Å². The van der Waals surface area contributed by atoms with Gasteiger partial charge in [0.1, 0.15) is 0 Å². The number of thioether (sulfide) groups is 1. The van der Waals surface area contributed by atoms with Crippen molar-refractivity contribution < 1.29 is 0 Å². The van der Waals surface area contributed by atoms with Crippen LogP contribution in [0.4, 0.5) is 0 Å². The molecule has 1 aliphatic carbocycles. The molecule has 2 aromatic heterocycles. The maximum absolute atomic E-state index is 4.93. The van der Waals surface area contributed by atoms with Gasteiger partial charge in [0, 0.05) is 10.3 Å². The Morgan fingerprint density at radius 2 is 1.77 bits per heavy atom. The van der Waals surface area contributed by atoms with Gasteiger partial charge >= 0.3 is 0 Å². The maximum Gasteiger partial charge on any atom is 0.0894 e. The summed E-state index contributed by atoms with van der Waals surface area (Å²) in [5, 5.41) is 1.42. The lowest BCUT2D eigenvalue weighted by atomic mass is 10.0. The minimum atomic E-state index is 0.261. The highest BCUT2D eigenvalue weighted by molar-refractivity contribution is 8.03. The van der Waals surface area contributed by atoms with Gasteiger partial charge in [0.05, 0.1) is 27.8 Å². The summed E-state index contributed by atoms with van der Waals surface area (Å²) >= 11 is 1.90. The molecule has 1 aliphatic heterocycles. The summed E-state index contributed by atoms with van der Waals surface area (Å²) in [5.74, 6) is 0. The van der Waals surface area contributed by atoms with Gasteiger partial charge in [0.15, 0.2) is 0 Å². The minimum Gasteiger partial charge on any atom is -0.250 e. The molecule has 3 heterocycles.